The normalized spacial score (nSPS) is 21.8. The largest absolute Gasteiger partial charge is 0.363 e. The van der Waals surface area contributed by atoms with E-state index in [1.54, 1.807) is 12.3 Å². The van der Waals surface area contributed by atoms with Crippen LogP contribution < -0.4 is 10.0 Å². The van der Waals surface area contributed by atoms with Crippen LogP contribution in [0, 0.1) is 0 Å². The highest BCUT2D eigenvalue weighted by atomic mass is 32.2. The molecule has 0 aromatic carbocycles. The third kappa shape index (κ3) is 4.06. The van der Waals surface area contributed by atoms with Gasteiger partial charge in [0.15, 0.2) is 0 Å². The van der Waals surface area contributed by atoms with E-state index in [2.05, 4.69) is 27.0 Å². The molecule has 1 saturated heterocycles. The molecule has 0 bridgehead atoms. The minimum Gasteiger partial charge on any atom is -0.363 e. The topological polar surface area (TPSA) is 77.2 Å². The molecule has 1 aliphatic heterocycles. The Morgan fingerprint density at radius 3 is 2.62 bits per heavy atom. The first-order valence-corrected chi connectivity index (χ1v) is 9.13. The van der Waals surface area contributed by atoms with Gasteiger partial charge in [0.25, 0.3) is 0 Å². The maximum Gasteiger partial charge on any atom is 0.242 e. The van der Waals surface area contributed by atoms with Crippen LogP contribution in [0.25, 0.3) is 0 Å². The van der Waals surface area contributed by atoms with Crippen LogP contribution >= 0.6 is 0 Å². The number of nitrogens with one attached hydrogen (secondary N) is 3. The van der Waals surface area contributed by atoms with Crippen molar-refractivity contribution in [1.29, 1.82) is 0 Å². The Kier molecular flexibility index (Phi) is 4.35. The van der Waals surface area contributed by atoms with E-state index in [9.17, 15) is 8.42 Å². The van der Waals surface area contributed by atoms with Crippen LogP contribution in [0.3, 0.4) is 0 Å². The van der Waals surface area contributed by atoms with E-state index in [0.717, 1.165) is 31.6 Å². The van der Waals surface area contributed by atoms with Crippen LogP contribution in [-0.4, -0.2) is 50.5 Å². The van der Waals surface area contributed by atoms with Gasteiger partial charge >= 0.3 is 0 Å². The van der Waals surface area contributed by atoms with Crippen molar-refractivity contribution >= 4 is 10.0 Å². The van der Waals surface area contributed by atoms with Gasteiger partial charge in [0.1, 0.15) is 0 Å². The number of sulfonamides is 1. The molecule has 3 N–H and O–H groups in total. The summed E-state index contributed by atoms with van der Waals surface area (Å²) >= 11 is 0. The maximum absolute atomic E-state index is 12.4. The SMILES string of the molecule is CN1CCC(NS(=O)(=O)c2c[nH]c(CNC3CC3)c2)CC1. The summed E-state index contributed by atoms with van der Waals surface area (Å²) in [5, 5.41) is 3.37. The lowest BCUT2D eigenvalue weighted by Gasteiger charge is -2.29. The highest BCUT2D eigenvalue weighted by Crippen LogP contribution is 2.20. The molecule has 1 aromatic rings. The molecular formula is C14H24N4O2S. The van der Waals surface area contributed by atoms with Gasteiger partial charge in [-0.25, -0.2) is 13.1 Å². The summed E-state index contributed by atoms with van der Waals surface area (Å²) in [5.74, 6) is 0. The zero-order valence-electron chi connectivity index (χ0n) is 12.4. The monoisotopic (exact) mass is 312 g/mol. The van der Waals surface area contributed by atoms with E-state index in [4.69, 9.17) is 0 Å². The second-order valence-electron chi connectivity index (χ2n) is 6.21. The molecule has 6 nitrogen and oxygen atoms in total. The van der Waals surface area contributed by atoms with Crippen LogP contribution in [0.2, 0.25) is 0 Å². The van der Waals surface area contributed by atoms with Crippen LogP contribution in [0.15, 0.2) is 17.2 Å². The van der Waals surface area contributed by atoms with Crippen molar-refractivity contribution in [3.05, 3.63) is 18.0 Å². The molecule has 2 aliphatic rings. The van der Waals surface area contributed by atoms with Gasteiger partial charge in [0, 0.05) is 30.5 Å². The number of piperidine rings is 1. The molecule has 1 aliphatic carbocycles. The molecular weight excluding hydrogens is 288 g/mol. The first-order chi connectivity index (χ1) is 10.0. The van der Waals surface area contributed by atoms with E-state index < -0.39 is 10.0 Å². The molecule has 7 heteroatoms. The molecule has 3 rings (SSSR count). The lowest BCUT2D eigenvalue weighted by molar-refractivity contribution is 0.248. The molecule has 0 amide bonds. The summed E-state index contributed by atoms with van der Waals surface area (Å²) in [6.45, 7) is 2.59. The molecule has 2 heterocycles. The number of H-pyrrole nitrogens is 1. The van der Waals surface area contributed by atoms with Crippen molar-refractivity contribution < 1.29 is 8.42 Å². The van der Waals surface area contributed by atoms with E-state index >= 15 is 0 Å². The summed E-state index contributed by atoms with van der Waals surface area (Å²) in [5.41, 5.74) is 0.922. The van der Waals surface area contributed by atoms with Crippen molar-refractivity contribution in [1.82, 2.24) is 19.9 Å². The zero-order valence-corrected chi connectivity index (χ0v) is 13.2. The maximum atomic E-state index is 12.4. The Morgan fingerprint density at radius 2 is 1.95 bits per heavy atom. The average molecular weight is 312 g/mol. The average Bonchev–Trinajstić information content (AvgIpc) is 3.15. The summed E-state index contributed by atoms with van der Waals surface area (Å²) in [4.78, 5) is 5.62. The Bertz CT molecular complexity index is 572. The third-order valence-corrected chi connectivity index (χ3v) is 5.73. The second kappa shape index (κ2) is 6.08. The summed E-state index contributed by atoms with van der Waals surface area (Å²) in [6, 6.07) is 2.40. The Labute approximate surface area is 126 Å². The van der Waals surface area contributed by atoms with Gasteiger partial charge in [0.05, 0.1) is 4.90 Å². The smallest absolute Gasteiger partial charge is 0.242 e. The van der Waals surface area contributed by atoms with Gasteiger partial charge in [-0.3, -0.25) is 0 Å². The number of hydrogen-bond donors (Lipinski definition) is 3. The number of hydrogen-bond acceptors (Lipinski definition) is 4. The van der Waals surface area contributed by atoms with E-state index in [0.29, 0.717) is 17.5 Å². The minimum atomic E-state index is -3.41. The Morgan fingerprint density at radius 1 is 1.24 bits per heavy atom. The van der Waals surface area contributed by atoms with Crippen LogP contribution in [0.5, 0.6) is 0 Å². The number of rotatable bonds is 6. The number of likely N-dealkylation sites (tertiary alicyclic amines) is 1. The fourth-order valence-electron chi connectivity index (χ4n) is 2.63. The quantitative estimate of drug-likeness (QED) is 0.720. The van der Waals surface area contributed by atoms with Crippen molar-refractivity contribution in [3.63, 3.8) is 0 Å². The molecule has 1 saturated carbocycles. The first kappa shape index (κ1) is 15.0. The Hall–Kier alpha value is -0.890. The highest BCUT2D eigenvalue weighted by molar-refractivity contribution is 7.89. The van der Waals surface area contributed by atoms with Crippen molar-refractivity contribution in [2.45, 2.75) is 49.2 Å². The predicted molar refractivity (Wildman–Crippen MR) is 81.5 cm³/mol. The van der Waals surface area contributed by atoms with Crippen molar-refractivity contribution in [2.24, 2.45) is 0 Å². The van der Waals surface area contributed by atoms with Crippen molar-refractivity contribution in [2.75, 3.05) is 20.1 Å². The zero-order chi connectivity index (χ0) is 14.9. The molecule has 0 atom stereocenters. The summed E-state index contributed by atoms with van der Waals surface area (Å²) < 4.78 is 27.6. The Balaban J connectivity index is 1.58. The number of aromatic nitrogens is 1. The highest BCUT2D eigenvalue weighted by Gasteiger charge is 2.25. The lowest BCUT2D eigenvalue weighted by atomic mass is 10.1. The van der Waals surface area contributed by atoms with Gasteiger partial charge in [0.2, 0.25) is 10.0 Å². The number of nitrogens with zero attached hydrogens (tertiary/aromatic N) is 1. The van der Waals surface area contributed by atoms with Crippen molar-refractivity contribution in [3.8, 4) is 0 Å². The second-order valence-corrected chi connectivity index (χ2v) is 7.93. The minimum absolute atomic E-state index is 0.0501. The molecule has 1 aromatic heterocycles. The van der Waals surface area contributed by atoms with Gasteiger partial charge in [-0.1, -0.05) is 0 Å². The van der Waals surface area contributed by atoms with Crippen LogP contribution in [0.1, 0.15) is 31.4 Å². The van der Waals surface area contributed by atoms with Gasteiger partial charge < -0.3 is 15.2 Å². The first-order valence-electron chi connectivity index (χ1n) is 7.64. The van der Waals surface area contributed by atoms with Gasteiger partial charge in [-0.15, -0.1) is 0 Å². The standard InChI is InChI=1S/C14H24N4O2S/c1-18-6-4-12(5-7-18)17-21(19,20)14-8-13(16-10-14)9-15-11-2-3-11/h8,10-12,15-17H,2-7,9H2,1H3. The molecule has 118 valence electrons. The molecule has 0 unspecified atom stereocenters. The summed E-state index contributed by atoms with van der Waals surface area (Å²) in [6.07, 6.45) is 5.78. The fraction of sp³-hybridized carbons (Fsp3) is 0.714. The third-order valence-electron chi connectivity index (χ3n) is 4.23. The van der Waals surface area contributed by atoms with Crippen LogP contribution in [-0.2, 0) is 16.6 Å². The predicted octanol–water partition coefficient (Wildman–Crippen LogP) is 0.639. The molecule has 21 heavy (non-hydrogen) atoms. The molecule has 0 radical (unpaired) electrons. The summed E-state index contributed by atoms with van der Waals surface area (Å²) in [7, 11) is -1.34. The van der Waals surface area contributed by atoms with Crippen LogP contribution in [0.4, 0.5) is 0 Å². The van der Waals surface area contributed by atoms with E-state index in [1.807, 2.05) is 0 Å². The van der Waals surface area contributed by atoms with E-state index in [1.165, 1.54) is 12.8 Å². The fourth-order valence-corrected chi connectivity index (χ4v) is 3.95. The molecule has 2 fully saturated rings. The number of aromatic amines is 1. The molecule has 0 spiro atoms. The lowest BCUT2D eigenvalue weighted by Crippen LogP contribution is -2.43. The van der Waals surface area contributed by atoms with Gasteiger partial charge in [-0.05, 0) is 51.9 Å². The van der Waals surface area contributed by atoms with E-state index in [-0.39, 0.29) is 6.04 Å². The van der Waals surface area contributed by atoms with Gasteiger partial charge in [-0.2, -0.15) is 0 Å².